The van der Waals surface area contributed by atoms with Crippen LogP contribution in [0.1, 0.15) is 24.8 Å². The van der Waals surface area contributed by atoms with Crippen LogP contribution in [0.25, 0.3) is 10.1 Å². The van der Waals surface area contributed by atoms with Gasteiger partial charge in [-0.2, -0.15) is 0 Å². The predicted octanol–water partition coefficient (Wildman–Crippen LogP) is 4.13. The van der Waals surface area contributed by atoms with E-state index in [9.17, 15) is 0 Å². The van der Waals surface area contributed by atoms with Gasteiger partial charge in [0.05, 0.1) is 6.04 Å². The maximum atomic E-state index is 4.06. The maximum absolute atomic E-state index is 4.06. The number of rotatable bonds is 4. The fourth-order valence-corrected chi connectivity index (χ4v) is 3.10. The molecule has 1 nitrogen and oxygen atoms in total. The molecular weight excluding hydrogens is 214 g/mol. The highest BCUT2D eigenvalue weighted by atomic mass is 32.1. The molecule has 0 fully saturated rings. The zero-order valence-corrected chi connectivity index (χ0v) is 10.6. The van der Waals surface area contributed by atoms with E-state index < -0.39 is 0 Å². The summed E-state index contributed by atoms with van der Waals surface area (Å²) >= 11 is 1.85. The molecule has 0 aliphatic rings. The molecule has 0 saturated carbocycles. The first kappa shape index (κ1) is 11.4. The van der Waals surface area contributed by atoms with Crippen molar-refractivity contribution in [2.75, 3.05) is 6.54 Å². The lowest BCUT2D eigenvalue weighted by atomic mass is 10.1. The molecule has 0 aliphatic carbocycles. The molecule has 0 bridgehead atoms. The van der Waals surface area contributed by atoms with Gasteiger partial charge in [-0.3, -0.25) is 0 Å². The van der Waals surface area contributed by atoms with Crippen molar-refractivity contribution in [2.45, 2.75) is 19.9 Å². The molecule has 1 N–H and O–H groups in total. The lowest BCUT2D eigenvalue weighted by Gasteiger charge is -2.15. The monoisotopic (exact) mass is 231 g/mol. The van der Waals surface area contributed by atoms with Crippen LogP contribution in [0.3, 0.4) is 0 Å². The Morgan fingerprint density at radius 2 is 2.19 bits per heavy atom. The van der Waals surface area contributed by atoms with Crippen molar-refractivity contribution < 1.29 is 0 Å². The van der Waals surface area contributed by atoms with E-state index in [-0.39, 0.29) is 0 Å². The largest absolute Gasteiger partial charge is 0.306 e. The normalized spacial score (nSPS) is 12.9. The van der Waals surface area contributed by atoms with E-state index in [1.54, 1.807) is 0 Å². The highest BCUT2D eigenvalue weighted by Crippen LogP contribution is 2.32. The SMILES string of the molecule is C=C(C)C(NCC)c1cc2ccccc2s1. The van der Waals surface area contributed by atoms with E-state index in [0.717, 1.165) is 6.54 Å². The minimum Gasteiger partial charge on any atom is -0.306 e. The maximum Gasteiger partial charge on any atom is 0.0625 e. The standard InChI is InChI=1S/C14H17NS/c1-4-15-14(10(2)3)13-9-11-7-5-6-8-12(11)16-13/h5-9,14-15H,2,4H2,1,3H3. The summed E-state index contributed by atoms with van der Waals surface area (Å²) in [4.78, 5) is 1.36. The molecule has 1 unspecified atom stereocenters. The summed E-state index contributed by atoms with van der Waals surface area (Å²) in [6.07, 6.45) is 0. The first-order valence-corrected chi connectivity index (χ1v) is 6.41. The second kappa shape index (κ2) is 4.81. The van der Waals surface area contributed by atoms with Crippen LogP contribution < -0.4 is 5.32 Å². The predicted molar refractivity (Wildman–Crippen MR) is 73.1 cm³/mol. The topological polar surface area (TPSA) is 12.0 Å². The van der Waals surface area contributed by atoms with Crippen LogP contribution in [0.2, 0.25) is 0 Å². The summed E-state index contributed by atoms with van der Waals surface area (Å²) in [5.41, 5.74) is 1.17. The van der Waals surface area contributed by atoms with E-state index in [1.165, 1.54) is 20.5 Å². The van der Waals surface area contributed by atoms with Gasteiger partial charge >= 0.3 is 0 Å². The summed E-state index contributed by atoms with van der Waals surface area (Å²) in [6.45, 7) is 9.24. The first-order valence-electron chi connectivity index (χ1n) is 5.59. The molecule has 0 radical (unpaired) electrons. The minimum atomic E-state index is 0.294. The van der Waals surface area contributed by atoms with Gasteiger partial charge in [-0.05, 0) is 31.0 Å². The second-order valence-electron chi connectivity index (χ2n) is 4.02. The van der Waals surface area contributed by atoms with E-state index in [1.807, 2.05) is 11.3 Å². The number of benzene rings is 1. The third kappa shape index (κ3) is 2.18. The fraction of sp³-hybridized carbons (Fsp3) is 0.286. The summed E-state index contributed by atoms with van der Waals surface area (Å²) in [5.74, 6) is 0. The second-order valence-corrected chi connectivity index (χ2v) is 5.14. The van der Waals surface area contributed by atoms with E-state index in [0.29, 0.717) is 6.04 Å². The smallest absolute Gasteiger partial charge is 0.0625 e. The lowest BCUT2D eigenvalue weighted by molar-refractivity contribution is 0.631. The van der Waals surface area contributed by atoms with Crippen LogP contribution in [-0.4, -0.2) is 6.54 Å². The fourth-order valence-electron chi connectivity index (χ4n) is 1.87. The Balaban J connectivity index is 2.40. The van der Waals surface area contributed by atoms with Crippen molar-refractivity contribution in [1.82, 2.24) is 5.32 Å². The molecule has 0 amide bonds. The van der Waals surface area contributed by atoms with Crippen molar-refractivity contribution in [1.29, 1.82) is 0 Å². The Morgan fingerprint density at radius 1 is 1.44 bits per heavy atom. The number of hydrogen-bond donors (Lipinski definition) is 1. The van der Waals surface area contributed by atoms with Crippen LogP contribution in [0, 0.1) is 0 Å². The Bertz CT molecular complexity index is 465. The van der Waals surface area contributed by atoms with Crippen molar-refractivity contribution in [2.24, 2.45) is 0 Å². The molecule has 1 heterocycles. The van der Waals surface area contributed by atoms with E-state index in [4.69, 9.17) is 0 Å². The molecule has 84 valence electrons. The van der Waals surface area contributed by atoms with Gasteiger partial charge in [0.1, 0.15) is 0 Å². The number of likely N-dealkylation sites (N-methyl/N-ethyl adjacent to an activating group) is 1. The van der Waals surface area contributed by atoms with Gasteiger partial charge in [0.25, 0.3) is 0 Å². The Kier molecular flexibility index (Phi) is 3.42. The van der Waals surface area contributed by atoms with Crippen LogP contribution in [0.5, 0.6) is 0 Å². The van der Waals surface area contributed by atoms with E-state index in [2.05, 4.69) is 56.1 Å². The van der Waals surface area contributed by atoms with Gasteiger partial charge in [0, 0.05) is 9.58 Å². The molecule has 16 heavy (non-hydrogen) atoms. The molecular formula is C14H17NS. The molecule has 1 aromatic heterocycles. The van der Waals surface area contributed by atoms with Crippen LogP contribution in [0.15, 0.2) is 42.5 Å². The number of hydrogen-bond acceptors (Lipinski definition) is 2. The zero-order valence-electron chi connectivity index (χ0n) is 9.79. The van der Waals surface area contributed by atoms with Crippen molar-refractivity contribution in [3.8, 4) is 0 Å². The van der Waals surface area contributed by atoms with Gasteiger partial charge in [-0.1, -0.05) is 37.3 Å². The first-order chi connectivity index (χ1) is 7.72. The van der Waals surface area contributed by atoms with Gasteiger partial charge in [-0.15, -0.1) is 11.3 Å². The van der Waals surface area contributed by atoms with Gasteiger partial charge in [0.2, 0.25) is 0 Å². The van der Waals surface area contributed by atoms with Crippen LogP contribution in [-0.2, 0) is 0 Å². The molecule has 1 atom stereocenters. The highest BCUT2D eigenvalue weighted by Gasteiger charge is 2.13. The third-order valence-electron chi connectivity index (χ3n) is 2.63. The number of fused-ring (bicyclic) bond motifs is 1. The Labute approximate surface area is 101 Å². The molecule has 0 spiro atoms. The Morgan fingerprint density at radius 3 is 2.81 bits per heavy atom. The molecule has 0 aliphatic heterocycles. The zero-order chi connectivity index (χ0) is 11.5. The molecule has 1 aromatic carbocycles. The number of nitrogens with one attached hydrogen (secondary N) is 1. The van der Waals surface area contributed by atoms with Crippen molar-refractivity contribution in [3.05, 3.63) is 47.4 Å². The molecule has 2 rings (SSSR count). The quantitative estimate of drug-likeness (QED) is 0.780. The van der Waals surface area contributed by atoms with Gasteiger partial charge in [-0.25, -0.2) is 0 Å². The number of thiophene rings is 1. The van der Waals surface area contributed by atoms with Crippen LogP contribution >= 0.6 is 11.3 Å². The molecule has 0 saturated heterocycles. The summed E-state index contributed by atoms with van der Waals surface area (Å²) in [5, 5.41) is 4.80. The third-order valence-corrected chi connectivity index (χ3v) is 3.81. The molecule has 2 aromatic rings. The Hall–Kier alpha value is -1.12. The average molecular weight is 231 g/mol. The van der Waals surface area contributed by atoms with Crippen LogP contribution in [0.4, 0.5) is 0 Å². The van der Waals surface area contributed by atoms with Crippen molar-refractivity contribution in [3.63, 3.8) is 0 Å². The van der Waals surface area contributed by atoms with Gasteiger partial charge in [0.15, 0.2) is 0 Å². The van der Waals surface area contributed by atoms with E-state index >= 15 is 0 Å². The average Bonchev–Trinajstić information content (AvgIpc) is 2.68. The van der Waals surface area contributed by atoms with Crippen molar-refractivity contribution >= 4 is 21.4 Å². The van der Waals surface area contributed by atoms with Gasteiger partial charge < -0.3 is 5.32 Å². The summed E-state index contributed by atoms with van der Waals surface area (Å²) in [7, 11) is 0. The summed E-state index contributed by atoms with van der Waals surface area (Å²) < 4.78 is 1.35. The highest BCUT2D eigenvalue weighted by molar-refractivity contribution is 7.19. The summed E-state index contributed by atoms with van der Waals surface area (Å²) in [6, 6.07) is 11.1. The minimum absolute atomic E-state index is 0.294. The molecule has 2 heteroatoms. The lowest BCUT2D eigenvalue weighted by Crippen LogP contribution is -2.20.